The Morgan fingerprint density at radius 3 is 2.83 bits per heavy atom. The fourth-order valence-corrected chi connectivity index (χ4v) is 5.04. The van der Waals surface area contributed by atoms with Crippen LogP contribution < -0.4 is 0 Å². The molecule has 0 spiro atoms. The monoisotopic (exact) mass is 320 g/mol. The van der Waals surface area contributed by atoms with E-state index in [-0.39, 0.29) is 11.3 Å². The van der Waals surface area contributed by atoms with Gasteiger partial charge in [0.05, 0.1) is 6.20 Å². The highest BCUT2D eigenvalue weighted by atomic mass is 16.3. The predicted molar refractivity (Wildman–Crippen MR) is 90.2 cm³/mol. The van der Waals surface area contributed by atoms with Gasteiger partial charge in [0.25, 0.3) is 5.91 Å². The zero-order chi connectivity index (χ0) is 16.3. The highest BCUT2D eigenvalue weighted by Gasteiger charge is 2.58. The predicted octanol–water partition coefficient (Wildman–Crippen LogP) is 3.63. The van der Waals surface area contributed by atoms with Crippen molar-refractivity contribution in [1.82, 2.24) is 9.88 Å². The molecular weight excluding hydrogens is 300 g/mol. The highest BCUT2D eigenvalue weighted by molar-refractivity contribution is 5.95. The van der Waals surface area contributed by atoms with Crippen molar-refractivity contribution in [3.63, 3.8) is 0 Å². The number of allylic oxidation sites excluding steroid dienone is 2. The Balaban J connectivity index is 1.36. The van der Waals surface area contributed by atoms with E-state index < -0.39 is 0 Å². The first-order chi connectivity index (χ1) is 11.6. The first-order valence-corrected chi connectivity index (χ1v) is 8.62. The van der Waals surface area contributed by atoms with Crippen molar-refractivity contribution in [2.24, 2.45) is 23.2 Å². The van der Waals surface area contributed by atoms with Crippen LogP contribution in [0.3, 0.4) is 0 Å². The van der Waals surface area contributed by atoms with Crippen molar-refractivity contribution in [2.75, 3.05) is 13.1 Å². The molecule has 3 aliphatic rings. The maximum absolute atomic E-state index is 12.9. The summed E-state index contributed by atoms with van der Waals surface area (Å²) < 4.78 is 5.30. The Kier molecular flexibility index (Phi) is 2.82. The average Bonchev–Trinajstić information content (AvgIpc) is 3.35. The van der Waals surface area contributed by atoms with E-state index in [0.717, 1.165) is 30.0 Å². The largest absolute Gasteiger partial charge is 0.444 e. The molecule has 24 heavy (non-hydrogen) atoms. The van der Waals surface area contributed by atoms with E-state index in [4.69, 9.17) is 4.42 Å². The van der Waals surface area contributed by atoms with E-state index >= 15 is 0 Å². The number of carbonyl (C=O) groups excluding carboxylic acids is 1. The zero-order valence-corrected chi connectivity index (χ0v) is 13.7. The summed E-state index contributed by atoms with van der Waals surface area (Å²) in [6.45, 7) is 4.14. The molecule has 2 bridgehead atoms. The molecule has 4 atom stereocenters. The standard InChI is InChI=1S/C20H20N2O2/c1-20-11-22(10-17(20)15-6-7-16(20)8-15)19(23)14-4-2-13(3-5-14)18-9-21-12-24-18/h2-7,9,12,15-17H,8,10-11H2,1H3/t15-,16+,17+,20+/m1/s1. The SMILES string of the molecule is C[C@@]12CN(C(=O)c3ccc(-c4cnco4)cc3)C[C@H]1[C@@H]1C=C[C@H]2C1. The number of fused-ring (bicyclic) bond motifs is 5. The first kappa shape index (κ1) is 14.0. The third-order valence-corrected chi connectivity index (χ3v) is 6.41. The molecule has 122 valence electrons. The van der Waals surface area contributed by atoms with Gasteiger partial charge in [0, 0.05) is 24.2 Å². The fourth-order valence-electron chi connectivity index (χ4n) is 5.04. The molecular formula is C20H20N2O2. The molecule has 2 heterocycles. The summed E-state index contributed by atoms with van der Waals surface area (Å²) in [4.78, 5) is 18.9. The number of hydrogen-bond acceptors (Lipinski definition) is 3. The van der Waals surface area contributed by atoms with E-state index in [1.807, 2.05) is 24.3 Å². The Morgan fingerprint density at radius 1 is 1.29 bits per heavy atom. The van der Waals surface area contributed by atoms with Crippen molar-refractivity contribution in [1.29, 1.82) is 0 Å². The fraction of sp³-hybridized carbons (Fsp3) is 0.400. The molecule has 1 saturated carbocycles. The number of carbonyl (C=O) groups is 1. The van der Waals surface area contributed by atoms with Gasteiger partial charge in [0.15, 0.2) is 12.2 Å². The summed E-state index contributed by atoms with van der Waals surface area (Å²) in [7, 11) is 0. The Hall–Kier alpha value is -2.36. The van der Waals surface area contributed by atoms with Gasteiger partial charge in [-0.3, -0.25) is 4.79 Å². The minimum atomic E-state index is 0.147. The molecule has 1 amide bonds. The molecule has 5 rings (SSSR count). The summed E-state index contributed by atoms with van der Waals surface area (Å²) in [5, 5.41) is 0. The van der Waals surface area contributed by atoms with E-state index in [9.17, 15) is 4.79 Å². The second kappa shape index (κ2) is 4.82. The van der Waals surface area contributed by atoms with E-state index in [1.54, 1.807) is 6.20 Å². The van der Waals surface area contributed by atoms with Gasteiger partial charge in [0.2, 0.25) is 0 Å². The molecule has 1 aromatic heterocycles. The second-order valence-electron chi connectivity index (χ2n) is 7.63. The van der Waals surface area contributed by atoms with Crippen molar-refractivity contribution < 1.29 is 9.21 Å². The lowest BCUT2D eigenvalue weighted by Gasteiger charge is -2.31. The van der Waals surface area contributed by atoms with Gasteiger partial charge in [-0.2, -0.15) is 0 Å². The van der Waals surface area contributed by atoms with Crippen molar-refractivity contribution in [3.05, 3.63) is 54.6 Å². The van der Waals surface area contributed by atoms with Crippen molar-refractivity contribution in [2.45, 2.75) is 13.3 Å². The normalized spacial score (nSPS) is 33.2. The lowest BCUT2D eigenvalue weighted by atomic mass is 9.72. The van der Waals surface area contributed by atoms with E-state index in [1.165, 1.54) is 12.8 Å². The average molecular weight is 320 g/mol. The lowest BCUT2D eigenvalue weighted by molar-refractivity contribution is 0.0765. The number of oxazole rings is 1. The van der Waals surface area contributed by atoms with Crippen molar-refractivity contribution in [3.8, 4) is 11.3 Å². The minimum absolute atomic E-state index is 0.147. The molecule has 0 N–H and O–H groups in total. The Bertz CT molecular complexity index is 809. The maximum atomic E-state index is 12.9. The van der Waals surface area contributed by atoms with Gasteiger partial charge in [-0.1, -0.05) is 31.2 Å². The summed E-state index contributed by atoms with van der Waals surface area (Å²) in [6, 6.07) is 7.64. The van der Waals surface area contributed by atoms with E-state index in [2.05, 4.69) is 29.0 Å². The summed E-state index contributed by atoms with van der Waals surface area (Å²) in [5.74, 6) is 2.82. The molecule has 1 aliphatic heterocycles. The Labute approximate surface area is 141 Å². The number of benzene rings is 1. The molecule has 4 nitrogen and oxygen atoms in total. The van der Waals surface area contributed by atoms with Crippen LogP contribution in [-0.2, 0) is 0 Å². The summed E-state index contributed by atoms with van der Waals surface area (Å²) in [5.41, 5.74) is 1.97. The molecule has 2 aliphatic carbocycles. The number of hydrogen-bond donors (Lipinski definition) is 0. The van der Waals surface area contributed by atoms with Crippen LogP contribution in [-0.4, -0.2) is 28.9 Å². The molecule has 4 heteroatoms. The molecule has 2 fully saturated rings. The zero-order valence-electron chi connectivity index (χ0n) is 13.7. The van der Waals surface area contributed by atoms with Gasteiger partial charge in [-0.15, -0.1) is 0 Å². The number of aromatic nitrogens is 1. The van der Waals surface area contributed by atoms with Crippen LogP contribution in [0.5, 0.6) is 0 Å². The van der Waals surface area contributed by atoms with Crippen LogP contribution in [0.15, 0.2) is 53.4 Å². The number of amides is 1. The first-order valence-electron chi connectivity index (χ1n) is 8.62. The van der Waals surface area contributed by atoms with Crippen LogP contribution in [0.1, 0.15) is 23.7 Å². The molecule has 1 aromatic carbocycles. The van der Waals surface area contributed by atoms with Gasteiger partial charge in [-0.05, 0) is 41.7 Å². The molecule has 0 unspecified atom stereocenters. The number of nitrogens with zero attached hydrogens (tertiary/aromatic N) is 2. The Morgan fingerprint density at radius 2 is 2.12 bits per heavy atom. The van der Waals surface area contributed by atoms with Gasteiger partial charge < -0.3 is 9.32 Å². The van der Waals surface area contributed by atoms with Gasteiger partial charge in [-0.25, -0.2) is 4.98 Å². The topological polar surface area (TPSA) is 46.3 Å². The minimum Gasteiger partial charge on any atom is -0.444 e. The molecule has 1 saturated heterocycles. The molecule has 2 aromatic rings. The second-order valence-corrected chi connectivity index (χ2v) is 7.63. The number of rotatable bonds is 2. The van der Waals surface area contributed by atoms with Crippen LogP contribution in [0.2, 0.25) is 0 Å². The third-order valence-electron chi connectivity index (χ3n) is 6.41. The smallest absolute Gasteiger partial charge is 0.253 e. The van der Waals surface area contributed by atoms with Gasteiger partial charge in [0.1, 0.15) is 0 Å². The van der Waals surface area contributed by atoms with Crippen molar-refractivity contribution >= 4 is 5.91 Å². The maximum Gasteiger partial charge on any atom is 0.253 e. The van der Waals surface area contributed by atoms with Crippen LogP contribution in [0.4, 0.5) is 0 Å². The van der Waals surface area contributed by atoms with E-state index in [0.29, 0.717) is 17.8 Å². The summed E-state index contributed by atoms with van der Waals surface area (Å²) in [6.07, 6.45) is 9.14. The van der Waals surface area contributed by atoms with Crippen LogP contribution in [0, 0.1) is 23.2 Å². The third kappa shape index (κ3) is 1.86. The highest BCUT2D eigenvalue weighted by Crippen LogP contribution is 2.59. The van der Waals surface area contributed by atoms with Gasteiger partial charge >= 0.3 is 0 Å². The van der Waals surface area contributed by atoms with Crippen LogP contribution >= 0.6 is 0 Å². The number of likely N-dealkylation sites (tertiary alicyclic amines) is 1. The van der Waals surface area contributed by atoms with Crippen LogP contribution in [0.25, 0.3) is 11.3 Å². The summed E-state index contributed by atoms with van der Waals surface area (Å²) >= 11 is 0. The quantitative estimate of drug-likeness (QED) is 0.794. The molecule has 0 radical (unpaired) electrons. The lowest BCUT2D eigenvalue weighted by Crippen LogP contribution is -2.33.